The van der Waals surface area contributed by atoms with Gasteiger partial charge in [-0.2, -0.15) is 0 Å². The monoisotopic (exact) mass is 224 g/mol. The van der Waals surface area contributed by atoms with Crippen LogP contribution in [-0.4, -0.2) is 34.1 Å². The first kappa shape index (κ1) is 13.4. The summed E-state index contributed by atoms with van der Waals surface area (Å²) in [4.78, 5) is 28.4. The van der Waals surface area contributed by atoms with Gasteiger partial charge in [0, 0.05) is 6.61 Å². The van der Waals surface area contributed by atoms with Crippen LogP contribution >= 0.6 is 0 Å². The first-order valence-corrected chi connectivity index (χ1v) is 4.20. The maximum atomic E-state index is 10.1. The fourth-order valence-corrected chi connectivity index (χ4v) is 0.980. The zero-order valence-corrected chi connectivity index (χ0v) is 8.07. The lowest BCUT2D eigenvalue weighted by molar-refractivity contribution is -0.798. The molecule has 0 aliphatic carbocycles. The summed E-state index contributed by atoms with van der Waals surface area (Å²) in [7, 11) is 0. The summed E-state index contributed by atoms with van der Waals surface area (Å²) >= 11 is 0. The topological polar surface area (TPSA) is 125 Å². The van der Waals surface area contributed by atoms with Crippen LogP contribution in [0.5, 0.6) is 0 Å². The molecule has 2 atom stereocenters. The summed E-state index contributed by atoms with van der Waals surface area (Å²) in [5.74, 6) is 0. The standard InChI is InChI=1S/C6H12N2O7/c1-5(14-7(10)11)6(3-2-4-9)15-8(12)13/h5-6,9H,2-4H2,1H3/t5-,6-/m1/s1. The molecule has 0 saturated heterocycles. The third-order valence-corrected chi connectivity index (χ3v) is 1.64. The van der Waals surface area contributed by atoms with Crippen LogP contribution in [0.15, 0.2) is 0 Å². The molecule has 0 radical (unpaired) electrons. The maximum Gasteiger partial charge on any atom is 0.294 e. The van der Waals surface area contributed by atoms with Crippen LogP contribution in [0.1, 0.15) is 19.8 Å². The Morgan fingerprint density at radius 2 is 1.80 bits per heavy atom. The molecule has 9 heteroatoms. The molecule has 0 amide bonds. The SMILES string of the molecule is C[C@@H](O[N+](=O)[O-])[C@@H](CCCO)O[N+](=O)[O-]. The molecule has 0 spiro atoms. The summed E-state index contributed by atoms with van der Waals surface area (Å²) in [5.41, 5.74) is 0. The second kappa shape index (κ2) is 6.76. The molecular weight excluding hydrogens is 212 g/mol. The first-order valence-electron chi connectivity index (χ1n) is 4.20. The van der Waals surface area contributed by atoms with Crippen molar-refractivity contribution >= 4 is 0 Å². The summed E-state index contributed by atoms with van der Waals surface area (Å²) in [6.45, 7) is 1.11. The van der Waals surface area contributed by atoms with Crippen LogP contribution in [0.25, 0.3) is 0 Å². The van der Waals surface area contributed by atoms with Gasteiger partial charge in [-0.05, 0) is 19.8 Å². The van der Waals surface area contributed by atoms with E-state index >= 15 is 0 Å². The molecule has 0 unspecified atom stereocenters. The Morgan fingerprint density at radius 1 is 1.27 bits per heavy atom. The Bertz CT molecular complexity index is 222. The molecule has 15 heavy (non-hydrogen) atoms. The van der Waals surface area contributed by atoms with Gasteiger partial charge in [-0.25, -0.2) is 0 Å². The zero-order valence-electron chi connectivity index (χ0n) is 8.07. The Labute approximate surface area is 84.8 Å². The number of nitrogens with zero attached hydrogens (tertiary/aromatic N) is 2. The Morgan fingerprint density at radius 3 is 2.20 bits per heavy atom. The summed E-state index contributed by atoms with van der Waals surface area (Å²) in [6, 6.07) is 0. The van der Waals surface area contributed by atoms with Crippen molar-refractivity contribution in [2.45, 2.75) is 32.0 Å². The van der Waals surface area contributed by atoms with Crippen molar-refractivity contribution in [3.63, 3.8) is 0 Å². The molecule has 0 fully saturated rings. The Balaban J connectivity index is 4.19. The van der Waals surface area contributed by atoms with E-state index in [1.54, 1.807) is 0 Å². The number of aliphatic hydroxyl groups is 1. The molecule has 0 aliphatic rings. The van der Waals surface area contributed by atoms with Crippen LogP contribution in [-0.2, 0) is 9.68 Å². The third-order valence-electron chi connectivity index (χ3n) is 1.64. The van der Waals surface area contributed by atoms with Gasteiger partial charge in [-0.3, -0.25) is 0 Å². The largest absolute Gasteiger partial charge is 0.396 e. The molecular formula is C6H12N2O7. The van der Waals surface area contributed by atoms with Gasteiger partial charge < -0.3 is 14.8 Å². The molecule has 0 aliphatic heterocycles. The van der Waals surface area contributed by atoms with E-state index in [1.165, 1.54) is 6.92 Å². The number of rotatable bonds is 8. The lowest BCUT2D eigenvalue weighted by Crippen LogP contribution is -2.33. The molecule has 9 nitrogen and oxygen atoms in total. The minimum absolute atomic E-state index is 0.104. The maximum absolute atomic E-state index is 10.1. The van der Waals surface area contributed by atoms with Gasteiger partial charge in [-0.1, -0.05) is 0 Å². The first-order chi connectivity index (χ1) is 6.97. The average molecular weight is 224 g/mol. The van der Waals surface area contributed by atoms with Crippen LogP contribution in [0, 0.1) is 20.2 Å². The second-order valence-corrected chi connectivity index (χ2v) is 2.77. The van der Waals surface area contributed by atoms with Gasteiger partial charge in [0.1, 0.15) is 12.2 Å². The van der Waals surface area contributed by atoms with Gasteiger partial charge in [0.25, 0.3) is 10.2 Å². The smallest absolute Gasteiger partial charge is 0.294 e. The zero-order chi connectivity index (χ0) is 11.8. The molecule has 0 bridgehead atoms. The molecule has 0 rings (SSSR count). The molecule has 0 aromatic rings. The van der Waals surface area contributed by atoms with E-state index in [1.807, 2.05) is 0 Å². The quantitative estimate of drug-likeness (QED) is 0.451. The Kier molecular flexibility index (Phi) is 6.02. The van der Waals surface area contributed by atoms with Crippen molar-refractivity contribution in [2.24, 2.45) is 0 Å². The predicted octanol–water partition coefficient (Wildman–Crippen LogP) is -0.0674. The van der Waals surface area contributed by atoms with E-state index in [9.17, 15) is 20.2 Å². The Hall–Kier alpha value is -1.64. The van der Waals surface area contributed by atoms with Crippen molar-refractivity contribution in [3.05, 3.63) is 20.2 Å². The van der Waals surface area contributed by atoms with E-state index in [0.29, 0.717) is 0 Å². The lowest BCUT2D eigenvalue weighted by Gasteiger charge is -2.19. The van der Waals surface area contributed by atoms with Gasteiger partial charge in [0.05, 0.1) is 0 Å². The van der Waals surface area contributed by atoms with Crippen molar-refractivity contribution in [1.82, 2.24) is 0 Å². The summed E-state index contributed by atoms with van der Waals surface area (Å²) in [5, 5.41) is 26.5. The summed E-state index contributed by atoms with van der Waals surface area (Å²) < 4.78 is 0. The van der Waals surface area contributed by atoms with Crippen LogP contribution in [0.2, 0.25) is 0 Å². The van der Waals surface area contributed by atoms with Gasteiger partial charge >= 0.3 is 0 Å². The van der Waals surface area contributed by atoms with E-state index in [4.69, 9.17) is 5.11 Å². The second-order valence-electron chi connectivity index (χ2n) is 2.77. The van der Waals surface area contributed by atoms with Crippen molar-refractivity contribution in [2.75, 3.05) is 6.61 Å². The fraction of sp³-hybridized carbons (Fsp3) is 1.00. The van der Waals surface area contributed by atoms with E-state index < -0.39 is 22.4 Å². The molecule has 0 aromatic heterocycles. The number of hydrogen-bond acceptors (Lipinski definition) is 7. The minimum atomic E-state index is -1.06. The highest BCUT2D eigenvalue weighted by Crippen LogP contribution is 2.10. The van der Waals surface area contributed by atoms with Gasteiger partial charge in [0.15, 0.2) is 0 Å². The molecule has 0 saturated carbocycles. The van der Waals surface area contributed by atoms with Crippen LogP contribution in [0.3, 0.4) is 0 Å². The van der Waals surface area contributed by atoms with Crippen LogP contribution in [0.4, 0.5) is 0 Å². The van der Waals surface area contributed by atoms with E-state index in [-0.39, 0.29) is 19.4 Å². The van der Waals surface area contributed by atoms with Crippen molar-refractivity contribution < 1.29 is 25.0 Å². The minimum Gasteiger partial charge on any atom is -0.396 e. The van der Waals surface area contributed by atoms with Gasteiger partial charge in [0.2, 0.25) is 0 Å². The van der Waals surface area contributed by atoms with Crippen LogP contribution < -0.4 is 0 Å². The number of hydrogen-bond donors (Lipinski definition) is 1. The van der Waals surface area contributed by atoms with Crippen molar-refractivity contribution in [1.29, 1.82) is 0 Å². The highest BCUT2D eigenvalue weighted by Gasteiger charge is 2.23. The molecule has 88 valence electrons. The van der Waals surface area contributed by atoms with E-state index in [2.05, 4.69) is 9.68 Å². The summed E-state index contributed by atoms with van der Waals surface area (Å²) in [6.07, 6.45) is -1.77. The molecule has 1 N–H and O–H groups in total. The van der Waals surface area contributed by atoms with Gasteiger partial charge in [-0.15, -0.1) is 20.2 Å². The lowest BCUT2D eigenvalue weighted by atomic mass is 10.1. The third kappa shape index (κ3) is 6.43. The highest BCUT2D eigenvalue weighted by atomic mass is 17.0. The normalized spacial score (nSPS) is 14.0. The molecule has 0 aromatic carbocycles. The highest BCUT2D eigenvalue weighted by molar-refractivity contribution is 4.63. The number of aliphatic hydroxyl groups excluding tert-OH is 1. The average Bonchev–Trinajstić information content (AvgIpc) is 2.10. The molecule has 0 heterocycles. The fourth-order valence-electron chi connectivity index (χ4n) is 0.980. The van der Waals surface area contributed by atoms with E-state index in [0.717, 1.165) is 0 Å². The van der Waals surface area contributed by atoms with Crippen molar-refractivity contribution in [3.8, 4) is 0 Å². The predicted molar refractivity (Wildman–Crippen MR) is 45.7 cm³/mol.